The fraction of sp³-hybridized carbons (Fsp3) is 0.115. The van der Waals surface area contributed by atoms with Crippen molar-refractivity contribution >= 4 is 44.1 Å². The average Bonchev–Trinajstić information content (AvgIpc) is 3.32. The number of anilines is 1. The third-order valence-corrected chi connectivity index (χ3v) is 6.71. The molecule has 0 radical (unpaired) electrons. The Hall–Kier alpha value is -3.84. The van der Waals surface area contributed by atoms with E-state index in [2.05, 4.69) is 4.98 Å². The first kappa shape index (κ1) is 21.0. The Morgan fingerprint density at radius 2 is 1.64 bits per heavy atom. The van der Waals surface area contributed by atoms with Crippen molar-refractivity contribution in [2.75, 3.05) is 4.90 Å². The number of carbonyl (C=O) groups excluding carboxylic acids is 2. The van der Waals surface area contributed by atoms with Crippen LogP contribution in [0.1, 0.15) is 28.3 Å². The molecule has 5 rings (SSSR count). The third-order valence-electron chi connectivity index (χ3n) is 5.69. The summed E-state index contributed by atoms with van der Waals surface area (Å²) in [5, 5.41) is 11.4. The maximum atomic E-state index is 13.4. The van der Waals surface area contributed by atoms with E-state index in [9.17, 15) is 19.1 Å². The number of Topliss-reactive ketones (excluding diaryl/α,β-unsaturated/α-hetero) is 1. The highest BCUT2D eigenvalue weighted by molar-refractivity contribution is 7.22. The molecule has 3 aromatic carbocycles. The Kier molecular flexibility index (Phi) is 5.06. The minimum Gasteiger partial charge on any atom is -0.507 e. The van der Waals surface area contributed by atoms with Gasteiger partial charge < -0.3 is 5.11 Å². The molecule has 1 amide bonds. The van der Waals surface area contributed by atoms with Gasteiger partial charge in [-0.05, 0) is 61.4 Å². The first-order valence-electron chi connectivity index (χ1n) is 10.3. The summed E-state index contributed by atoms with van der Waals surface area (Å²) >= 11 is 1.32. The summed E-state index contributed by atoms with van der Waals surface area (Å²) in [6.45, 7) is 3.91. The minimum absolute atomic E-state index is 0.0501. The molecule has 1 aromatic heterocycles. The normalized spacial score (nSPS) is 17.8. The lowest BCUT2D eigenvalue weighted by Crippen LogP contribution is -2.29. The van der Waals surface area contributed by atoms with E-state index < -0.39 is 23.5 Å². The Morgan fingerprint density at radius 1 is 0.970 bits per heavy atom. The van der Waals surface area contributed by atoms with E-state index >= 15 is 0 Å². The highest BCUT2D eigenvalue weighted by atomic mass is 32.1. The van der Waals surface area contributed by atoms with Crippen LogP contribution < -0.4 is 4.90 Å². The van der Waals surface area contributed by atoms with E-state index in [4.69, 9.17) is 0 Å². The number of amides is 1. The van der Waals surface area contributed by atoms with Crippen molar-refractivity contribution in [2.24, 2.45) is 0 Å². The number of benzene rings is 3. The predicted molar refractivity (Wildman–Crippen MR) is 127 cm³/mol. The van der Waals surface area contributed by atoms with E-state index in [0.29, 0.717) is 10.7 Å². The second kappa shape index (κ2) is 7.94. The van der Waals surface area contributed by atoms with Crippen molar-refractivity contribution in [1.29, 1.82) is 0 Å². The summed E-state index contributed by atoms with van der Waals surface area (Å²) in [6, 6.07) is 17.5. The summed E-state index contributed by atoms with van der Waals surface area (Å²) in [4.78, 5) is 32.4. The van der Waals surface area contributed by atoms with E-state index in [1.807, 2.05) is 56.3 Å². The monoisotopic (exact) mass is 458 g/mol. The van der Waals surface area contributed by atoms with Gasteiger partial charge in [0.15, 0.2) is 5.13 Å². The van der Waals surface area contributed by atoms with Crippen LogP contribution in [0.15, 0.2) is 72.3 Å². The SMILES string of the molecule is Cc1ccc([C@@H]2/C(=C(\O)c3ccc(F)cc3)C(=O)C(=O)N2c2nc3ccc(C)cc3s2)cc1. The zero-order valence-corrected chi connectivity index (χ0v) is 18.7. The molecule has 164 valence electrons. The van der Waals surface area contributed by atoms with Crippen LogP contribution in [0.3, 0.4) is 0 Å². The van der Waals surface area contributed by atoms with Crippen molar-refractivity contribution in [3.05, 3.63) is 100 Å². The smallest absolute Gasteiger partial charge is 0.301 e. The minimum atomic E-state index is -0.864. The van der Waals surface area contributed by atoms with Gasteiger partial charge in [0, 0.05) is 5.56 Å². The summed E-state index contributed by atoms with van der Waals surface area (Å²) < 4.78 is 14.3. The number of nitrogens with zero attached hydrogens (tertiary/aromatic N) is 2. The van der Waals surface area contributed by atoms with Gasteiger partial charge in [0.25, 0.3) is 5.78 Å². The fourth-order valence-corrected chi connectivity index (χ4v) is 5.07. The van der Waals surface area contributed by atoms with Gasteiger partial charge >= 0.3 is 5.91 Å². The molecule has 1 atom stereocenters. The van der Waals surface area contributed by atoms with Crippen LogP contribution in [0.5, 0.6) is 0 Å². The molecule has 0 aliphatic carbocycles. The van der Waals surface area contributed by atoms with Crippen molar-refractivity contribution in [2.45, 2.75) is 19.9 Å². The van der Waals surface area contributed by atoms with Crippen LogP contribution >= 0.6 is 11.3 Å². The number of fused-ring (bicyclic) bond motifs is 1. The van der Waals surface area contributed by atoms with Gasteiger partial charge in [-0.25, -0.2) is 9.37 Å². The number of hydrogen-bond donors (Lipinski definition) is 1. The van der Waals surface area contributed by atoms with Crippen molar-refractivity contribution in [1.82, 2.24) is 4.98 Å². The van der Waals surface area contributed by atoms with Crippen LogP contribution in [-0.2, 0) is 9.59 Å². The highest BCUT2D eigenvalue weighted by Crippen LogP contribution is 2.44. The predicted octanol–water partition coefficient (Wildman–Crippen LogP) is 5.68. The number of hydrogen-bond acceptors (Lipinski definition) is 5. The number of aliphatic hydroxyl groups is 1. The zero-order chi connectivity index (χ0) is 23.3. The van der Waals surface area contributed by atoms with E-state index in [-0.39, 0.29) is 16.9 Å². The molecular formula is C26H19FN2O3S. The lowest BCUT2D eigenvalue weighted by molar-refractivity contribution is -0.132. The van der Waals surface area contributed by atoms with Crippen molar-refractivity contribution in [3.8, 4) is 0 Å². The number of carbonyl (C=O) groups is 2. The van der Waals surface area contributed by atoms with Gasteiger partial charge in [-0.15, -0.1) is 0 Å². The second-order valence-electron chi connectivity index (χ2n) is 8.05. The Bertz CT molecular complexity index is 1440. The van der Waals surface area contributed by atoms with E-state index in [1.54, 1.807) is 0 Å². The highest BCUT2D eigenvalue weighted by Gasteiger charge is 2.48. The molecule has 0 spiro atoms. The molecule has 2 heterocycles. The first-order valence-corrected chi connectivity index (χ1v) is 11.2. The number of aliphatic hydroxyl groups excluding tert-OH is 1. The lowest BCUT2D eigenvalue weighted by Gasteiger charge is -2.23. The van der Waals surface area contributed by atoms with Gasteiger partial charge in [-0.2, -0.15) is 0 Å². The quantitative estimate of drug-likeness (QED) is 0.244. The van der Waals surface area contributed by atoms with Crippen LogP contribution in [0.4, 0.5) is 9.52 Å². The molecule has 1 N–H and O–H groups in total. The third kappa shape index (κ3) is 3.60. The summed E-state index contributed by atoms with van der Waals surface area (Å²) in [7, 11) is 0. The number of thiazole rings is 1. The molecule has 4 aromatic rings. The number of aryl methyl sites for hydroxylation is 2. The maximum Gasteiger partial charge on any atom is 0.301 e. The lowest BCUT2D eigenvalue weighted by atomic mass is 9.95. The van der Waals surface area contributed by atoms with Crippen LogP contribution in [0.2, 0.25) is 0 Å². The summed E-state index contributed by atoms with van der Waals surface area (Å²) in [6.07, 6.45) is 0. The summed E-state index contributed by atoms with van der Waals surface area (Å²) in [5.41, 5.74) is 3.68. The molecule has 5 nitrogen and oxygen atoms in total. The number of aromatic nitrogens is 1. The molecule has 1 aliphatic heterocycles. The van der Waals surface area contributed by atoms with Gasteiger partial charge in [-0.1, -0.05) is 47.2 Å². The van der Waals surface area contributed by atoms with Crippen LogP contribution in [0, 0.1) is 19.7 Å². The molecule has 1 aliphatic rings. The molecule has 1 saturated heterocycles. The van der Waals surface area contributed by atoms with Gasteiger partial charge in [-0.3, -0.25) is 14.5 Å². The largest absolute Gasteiger partial charge is 0.507 e. The molecule has 0 unspecified atom stereocenters. The van der Waals surface area contributed by atoms with Crippen molar-refractivity contribution < 1.29 is 19.1 Å². The van der Waals surface area contributed by atoms with Crippen molar-refractivity contribution in [3.63, 3.8) is 0 Å². The fourth-order valence-electron chi connectivity index (χ4n) is 3.98. The van der Waals surface area contributed by atoms with Gasteiger partial charge in [0.2, 0.25) is 0 Å². The average molecular weight is 459 g/mol. The Morgan fingerprint density at radius 3 is 2.33 bits per heavy atom. The standard InChI is InChI=1S/C26H19FN2O3S/c1-14-3-6-16(7-4-14)22-21(23(30)17-8-10-18(27)11-9-17)24(31)25(32)29(22)26-28-19-12-5-15(2)13-20(19)33-26/h3-13,22,30H,1-2H3/b23-21+/t22-/m1/s1. The molecule has 0 saturated carbocycles. The number of rotatable bonds is 3. The van der Waals surface area contributed by atoms with Gasteiger partial charge in [0.1, 0.15) is 11.6 Å². The maximum absolute atomic E-state index is 13.4. The molecule has 7 heteroatoms. The molecule has 1 fully saturated rings. The van der Waals surface area contributed by atoms with Crippen LogP contribution in [0.25, 0.3) is 16.0 Å². The molecular weight excluding hydrogens is 439 g/mol. The number of halogens is 1. The van der Waals surface area contributed by atoms with E-state index in [0.717, 1.165) is 21.3 Å². The Labute approximate surface area is 193 Å². The molecule has 33 heavy (non-hydrogen) atoms. The van der Waals surface area contributed by atoms with E-state index in [1.165, 1.54) is 40.5 Å². The summed E-state index contributed by atoms with van der Waals surface area (Å²) in [5.74, 6) is -2.39. The first-order chi connectivity index (χ1) is 15.8. The zero-order valence-electron chi connectivity index (χ0n) is 17.9. The second-order valence-corrected chi connectivity index (χ2v) is 9.06. The Balaban J connectivity index is 1.73. The van der Waals surface area contributed by atoms with Crippen LogP contribution in [-0.4, -0.2) is 21.8 Å². The topological polar surface area (TPSA) is 70.5 Å². The molecule has 0 bridgehead atoms. The van der Waals surface area contributed by atoms with Gasteiger partial charge in [0.05, 0.1) is 21.8 Å². The number of ketones is 1.